The van der Waals surface area contributed by atoms with Gasteiger partial charge in [0.2, 0.25) is 0 Å². The summed E-state index contributed by atoms with van der Waals surface area (Å²) in [5.41, 5.74) is 6.36. The Kier molecular flexibility index (Phi) is 4.59. The molecule has 1 aliphatic heterocycles. The van der Waals surface area contributed by atoms with Crippen LogP contribution in [0.2, 0.25) is 0 Å². The molecule has 2 aliphatic rings. The van der Waals surface area contributed by atoms with Gasteiger partial charge in [-0.2, -0.15) is 5.26 Å². The topological polar surface area (TPSA) is 101 Å². The summed E-state index contributed by atoms with van der Waals surface area (Å²) < 4.78 is 43.8. The molecule has 3 atom stereocenters. The van der Waals surface area contributed by atoms with E-state index in [1.165, 1.54) is 30.4 Å². The number of nitriles is 1. The summed E-state index contributed by atoms with van der Waals surface area (Å²) in [6.07, 6.45) is 3.48. The number of amidine groups is 1. The van der Waals surface area contributed by atoms with Gasteiger partial charge in [-0.25, -0.2) is 28.1 Å². The van der Waals surface area contributed by atoms with Crippen molar-refractivity contribution < 1.29 is 13.2 Å². The molecule has 1 fully saturated rings. The van der Waals surface area contributed by atoms with E-state index in [0.29, 0.717) is 34.3 Å². The van der Waals surface area contributed by atoms with E-state index in [4.69, 9.17) is 11.0 Å². The highest BCUT2D eigenvalue weighted by Crippen LogP contribution is 2.58. The highest BCUT2D eigenvalue weighted by atomic mass is 32.2. The van der Waals surface area contributed by atoms with Crippen LogP contribution in [0.4, 0.5) is 13.2 Å². The molecule has 3 aromatic rings. The molecule has 156 valence electrons. The number of halogens is 3. The van der Waals surface area contributed by atoms with Gasteiger partial charge in [-0.05, 0) is 30.2 Å². The molecule has 1 aromatic carbocycles. The monoisotopic (exact) mass is 440 g/mol. The Balaban J connectivity index is 1.60. The molecule has 0 radical (unpaired) electrons. The molecule has 1 aliphatic carbocycles. The quantitative estimate of drug-likeness (QED) is 0.668. The fourth-order valence-electron chi connectivity index (χ4n) is 4.17. The fourth-order valence-corrected chi connectivity index (χ4v) is 5.39. The van der Waals surface area contributed by atoms with Crippen molar-refractivity contribution in [2.75, 3.05) is 6.67 Å². The minimum absolute atomic E-state index is 0.0590. The van der Waals surface area contributed by atoms with Crippen molar-refractivity contribution in [1.29, 1.82) is 5.26 Å². The summed E-state index contributed by atoms with van der Waals surface area (Å²) in [7, 11) is 0. The predicted molar refractivity (Wildman–Crippen MR) is 110 cm³/mol. The molecule has 6 nitrogen and oxygen atoms in total. The maximum Gasteiger partial charge on any atom is 0.164 e. The van der Waals surface area contributed by atoms with Gasteiger partial charge in [0.15, 0.2) is 16.8 Å². The van der Waals surface area contributed by atoms with Crippen LogP contribution in [-0.4, -0.2) is 32.0 Å². The number of aliphatic imine (C=N–C) groups is 1. The van der Waals surface area contributed by atoms with Gasteiger partial charge in [0.25, 0.3) is 0 Å². The molecule has 2 N–H and O–H groups in total. The van der Waals surface area contributed by atoms with Crippen LogP contribution in [0.3, 0.4) is 0 Å². The van der Waals surface area contributed by atoms with Gasteiger partial charge in [-0.15, -0.1) is 0 Å². The van der Waals surface area contributed by atoms with Crippen molar-refractivity contribution in [3.8, 4) is 6.07 Å². The largest absolute Gasteiger partial charge is 0.379 e. The van der Waals surface area contributed by atoms with Crippen LogP contribution < -0.4 is 5.73 Å². The second-order valence-corrected chi connectivity index (χ2v) is 8.91. The highest BCUT2D eigenvalue weighted by Gasteiger charge is 2.58. The smallest absolute Gasteiger partial charge is 0.164 e. The highest BCUT2D eigenvalue weighted by molar-refractivity contribution is 8.14. The van der Waals surface area contributed by atoms with E-state index in [9.17, 15) is 13.2 Å². The van der Waals surface area contributed by atoms with Crippen LogP contribution in [0.15, 0.2) is 35.7 Å². The Morgan fingerprint density at radius 1 is 1.23 bits per heavy atom. The molecule has 0 amide bonds. The normalized spacial score (nSPS) is 24.4. The molecule has 5 rings (SSSR count). The van der Waals surface area contributed by atoms with Crippen molar-refractivity contribution in [2.24, 2.45) is 16.6 Å². The number of rotatable bonds is 4. The van der Waals surface area contributed by atoms with Crippen LogP contribution >= 0.6 is 11.8 Å². The first-order chi connectivity index (χ1) is 14.9. The summed E-state index contributed by atoms with van der Waals surface area (Å²) >= 11 is 1.35. The van der Waals surface area contributed by atoms with Gasteiger partial charge >= 0.3 is 0 Å². The molecular formula is C21H15F3N6S. The molecule has 0 bridgehead atoms. The van der Waals surface area contributed by atoms with E-state index in [1.807, 2.05) is 6.07 Å². The van der Waals surface area contributed by atoms with E-state index in [-0.39, 0.29) is 28.3 Å². The lowest BCUT2D eigenvalue weighted by molar-refractivity contribution is 0.268. The third-order valence-electron chi connectivity index (χ3n) is 5.74. The second-order valence-electron chi connectivity index (χ2n) is 7.65. The van der Waals surface area contributed by atoms with Gasteiger partial charge in [0, 0.05) is 29.3 Å². The molecule has 0 spiro atoms. The van der Waals surface area contributed by atoms with Crippen molar-refractivity contribution in [3.05, 3.63) is 64.7 Å². The van der Waals surface area contributed by atoms with Gasteiger partial charge in [-0.1, -0.05) is 11.8 Å². The molecule has 1 saturated carbocycles. The number of nitrogens with two attached hydrogens (primary N) is 1. The molecule has 10 heteroatoms. The standard InChI is InChI=1S/C21H15F3N6S/c22-8-21(12-5-17(12)31-20(26)30-21)13-1-10(2-14(23)18(13)24)3-15-19-16(29-9-28-15)4-11(6-25)7-27-19/h1-2,4,7,9,12,17H,3,5,8H2,(H2,26,30)/t12-,17+,21+/m1/s1. The lowest BCUT2D eigenvalue weighted by Crippen LogP contribution is -2.37. The summed E-state index contributed by atoms with van der Waals surface area (Å²) in [6, 6.07) is 6.08. The van der Waals surface area contributed by atoms with E-state index < -0.39 is 23.8 Å². The first-order valence-electron chi connectivity index (χ1n) is 9.51. The summed E-state index contributed by atoms with van der Waals surface area (Å²) in [6.45, 7) is -0.968. The van der Waals surface area contributed by atoms with Crippen LogP contribution in [0.25, 0.3) is 11.0 Å². The van der Waals surface area contributed by atoms with E-state index in [1.54, 1.807) is 6.07 Å². The minimum atomic E-state index is -1.52. The number of hydrogen-bond acceptors (Lipinski definition) is 7. The predicted octanol–water partition coefficient (Wildman–Crippen LogP) is 3.38. The summed E-state index contributed by atoms with van der Waals surface area (Å²) in [5, 5.41) is 9.28. The van der Waals surface area contributed by atoms with E-state index in [2.05, 4.69) is 19.9 Å². The third-order valence-corrected chi connectivity index (χ3v) is 6.89. The zero-order chi connectivity index (χ0) is 21.8. The van der Waals surface area contributed by atoms with Crippen molar-refractivity contribution in [2.45, 2.75) is 23.6 Å². The lowest BCUT2D eigenvalue weighted by atomic mass is 9.84. The van der Waals surface area contributed by atoms with E-state index in [0.717, 1.165) is 6.07 Å². The molecule has 3 heterocycles. The Labute approximate surface area is 179 Å². The zero-order valence-electron chi connectivity index (χ0n) is 16.0. The number of alkyl halides is 1. The average Bonchev–Trinajstić information content (AvgIpc) is 3.55. The van der Waals surface area contributed by atoms with Crippen molar-refractivity contribution >= 4 is 28.0 Å². The first-order valence-corrected chi connectivity index (χ1v) is 10.4. The van der Waals surface area contributed by atoms with Crippen molar-refractivity contribution in [1.82, 2.24) is 15.0 Å². The molecule has 0 saturated heterocycles. The number of hydrogen-bond donors (Lipinski definition) is 1. The number of nitrogens with zero attached hydrogens (tertiary/aromatic N) is 5. The Bertz CT molecular complexity index is 1290. The van der Waals surface area contributed by atoms with Crippen molar-refractivity contribution in [3.63, 3.8) is 0 Å². The minimum Gasteiger partial charge on any atom is -0.379 e. The van der Waals surface area contributed by atoms with Crippen LogP contribution in [0.5, 0.6) is 0 Å². The van der Waals surface area contributed by atoms with Crippen LogP contribution in [-0.2, 0) is 12.0 Å². The number of pyridine rings is 1. The maximum atomic E-state index is 14.9. The molecular weight excluding hydrogens is 425 g/mol. The van der Waals surface area contributed by atoms with E-state index >= 15 is 0 Å². The van der Waals surface area contributed by atoms with Gasteiger partial charge in [0.05, 0.1) is 16.8 Å². The fraction of sp³-hybridized carbons (Fsp3) is 0.286. The third kappa shape index (κ3) is 3.20. The number of aromatic nitrogens is 3. The average molecular weight is 440 g/mol. The zero-order valence-corrected chi connectivity index (χ0v) is 16.8. The lowest BCUT2D eigenvalue weighted by Gasteiger charge is -2.32. The van der Waals surface area contributed by atoms with Crippen LogP contribution in [0, 0.1) is 28.9 Å². The number of benzene rings is 1. The summed E-state index contributed by atoms with van der Waals surface area (Å²) in [5.74, 6) is -2.42. The van der Waals surface area contributed by atoms with Gasteiger partial charge < -0.3 is 5.73 Å². The van der Waals surface area contributed by atoms with Crippen LogP contribution in [0.1, 0.15) is 28.8 Å². The van der Waals surface area contributed by atoms with Gasteiger partial charge in [0.1, 0.15) is 30.1 Å². The first kappa shape index (κ1) is 19.8. The number of thioether (sulfide) groups is 1. The Morgan fingerprint density at radius 3 is 2.84 bits per heavy atom. The maximum absolute atomic E-state index is 14.9. The summed E-state index contributed by atoms with van der Waals surface area (Å²) in [4.78, 5) is 16.8. The van der Waals surface area contributed by atoms with Gasteiger partial charge in [-0.3, -0.25) is 4.98 Å². The second kappa shape index (κ2) is 7.20. The molecule has 31 heavy (non-hydrogen) atoms. The Morgan fingerprint density at radius 2 is 2.06 bits per heavy atom. The molecule has 0 unspecified atom stereocenters. The Hall–Kier alpha value is -3.19. The SMILES string of the molecule is N#Cc1cnc2c(Cc3cc(F)c(F)c([C@@]4(CF)N=C(N)S[C@H]5C[C@H]54)c3)ncnc2c1. The molecule has 2 aromatic heterocycles. The number of fused-ring (bicyclic) bond motifs is 2.